The molecule has 0 amide bonds. The normalized spacial score (nSPS) is 20.6. The molecule has 1 atom stereocenters. The first-order valence-corrected chi connectivity index (χ1v) is 6.22. The van der Waals surface area contributed by atoms with Crippen LogP contribution >= 0.6 is 0 Å². The lowest BCUT2D eigenvalue weighted by Gasteiger charge is -2.25. The third-order valence-corrected chi connectivity index (χ3v) is 3.20. The summed E-state index contributed by atoms with van der Waals surface area (Å²) in [7, 11) is 1.72. The molecule has 1 aliphatic heterocycles. The molecule has 1 aromatic carbocycles. The molecule has 3 nitrogen and oxygen atoms in total. The number of nitrogens with one attached hydrogen (secondary N) is 1. The Balaban J connectivity index is 2.26. The van der Waals surface area contributed by atoms with E-state index < -0.39 is 0 Å². The average Bonchev–Trinajstić information content (AvgIpc) is 2.39. The van der Waals surface area contributed by atoms with E-state index in [2.05, 4.69) is 37.4 Å². The second-order valence-electron chi connectivity index (χ2n) is 4.72. The van der Waals surface area contributed by atoms with Crippen molar-refractivity contribution >= 4 is 0 Å². The Bertz CT molecular complexity index is 370. The highest BCUT2D eigenvalue weighted by Crippen LogP contribution is 2.31. The molecule has 0 saturated carbocycles. The SMILES string of the molecule is COc1cc(C(C)C)ccc1C1CNCCO1. The van der Waals surface area contributed by atoms with Gasteiger partial charge in [0.15, 0.2) is 0 Å². The van der Waals surface area contributed by atoms with Crippen molar-refractivity contribution in [2.45, 2.75) is 25.9 Å². The van der Waals surface area contributed by atoms with Crippen molar-refractivity contribution in [2.24, 2.45) is 0 Å². The highest BCUT2D eigenvalue weighted by molar-refractivity contribution is 5.40. The second kappa shape index (κ2) is 5.52. The van der Waals surface area contributed by atoms with Gasteiger partial charge >= 0.3 is 0 Å². The van der Waals surface area contributed by atoms with Crippen LogP contribution in [0.1, 0.15) is 37.0 Å². The highest BCUT2D eigenvalue weighted by atomic mass is 16.5. The highest BCUT2D eigenvalue weighted by Gasteiger charge is 2.19. The Kier molecular flexibility index (Phi) is 4.02. The average molecular weight is 235 g/mol. The lowest BCUT2D eigenvalue weighted by molar-refractivity contribution is 0.0262. The Morgan fingerprint density at radius 3 is 2.82 bits per heavy atom. The topological polar surface area (TPSA) is 30.5 Å². The van der Waals surface area contributed by atoms with Gasteiger partial charge < -0.3 is 14.8 Å². The molecule has 1 fully saturated rings. The van der Waals surface area contributed by atoms with E-state index in [4.69, 9.17) is 9.47 Å². The molecule has 1 aliphatic rings. The molecule has 1 saturated heterocycles. The monoisotopic (exact) mass is 235 g/mol. The summed E-state index contributed by atoms with van der Waals surface area (Å²) < 4.78 is 11.2. The van der Waals surface area contributed by atoms with Crippen molar-refractivity contribution in [1.29, 1.82) is 0 Å². The lowest BCUT2D eigenvalue weighted by atomic mass is 9.98. The van der Waals surface area contributed by atoms with E-state index in [-0.39, 0.29) is 6.10 Å². The molecule has 1 aromatic rings. The minimum atomic E-state index is 0.111. The fraction of sp³-hybridized carbons (Fsp3) is 0.571. The van der Waals surface area contributed by atoms with Crippen LogP contribution in [0.15, 0.2) is 18.2 Å². The number of hydrogen-bond donors (Lipinski definition) is 1. The Morgan fingerprint density at radius 2 is 2.24 bits per heavy atom. The van der Waals surface area contributed by atoms with Gasteiger partial charge in [0.2, 0.25) is 0 Å². The predicted molar refractivity (Wildman–Crippen MR) is 68.6 cm³/mol. The standard InChI is InChI=1S/C14H21NO2/c1-10(2)11-4-5-12(13(8-11)16-3)14-9-15-6-7-17-14/h4-5,8,10,14-15H,6-7,9H2,1-3H3. The summed E-state index contributed by atoms with van der Waals surface area (Å²) in [5.74, 6) is 1.45. The van der Waals surface area contributed by atoms with E-state index in [0.717, 1.165) is 31.0 Å². The summed E-state index contributed by atoms with van der Waals surface area (Å²) in [4.78, 5) is 0. The first-order chi connectivity index (χ1) is 8.22. The van der Waals surface area contributed by atoms with Crippen molar-refractivity contribution in [1.82, 2.24) is 5.32 Å². The van der Waals surface area contributed by atoms with Gasteiger partial charge in [-0.25, -0.2) is 0 Å². The van der Waals surface area contributed by atoms with E-state index >= 15 is 0 Å². The van der Waals surface area contributed by atoms with Crippen molar-refractivity contribution in [3.05, 3.63) is 29.3 Å². The molecule has 1 N–H and O–H groups in total. The van der Waals surface area contributed by atoms with Crippen molar-refractivity contribution < 1.29 is 9.47 Å². The van der Waals surface area contributed by atoms with E-state index in [0.29, 0.717) is 5.92 Å². The zero-order valence-corrected chi connectivity index (χ0v) is 10.8. The molecule has 1 heterocycles. The third kappa shape index (κ3) is 2.79. The molecule has 1 unspecified atom stereocenters. The van der Waals surface area contributed by atoms with Gasteiger partial charge in [0.1, 0.15) is 5.75 Å². The van der Waals surface area contributed by atoms with E-state index in [1.807, 2.05) is 0 Å². The third-order valence-electron chi connectivity index (χ3n) is 3.20. The van der Waals surface area contributed by atoms with Crippen LogP contribution in [-0.2, 0) is 4.74 Å². The minimum absolute atomic E-state index is 0.111. The maximum Gasteiger partial charge on any atom is 0.125 e. The van der Waals surface area contributed by atoms with Crippen molar-refractivity contribution in [3.63, 3.8) is 0 Å². The maximum absolute atomic E-state index is 5.76. The molecular weight excluding hydrogens is 214 g/mol. The Morgan fingerprint density at radius 1 is 1.41 bits per heavy atom. The molecule has 0 bridgehead atoms. The molecule has 3 heteroatoms. The summed E-state index contributed by atoms with van der Waals surface area (Å²) in [6, 6.07) is 6.42. The number of morpholine rings is 1. The number of ether oxygens (including phenoxy) is 2. The molecule has 0 aromatic heterocycles. The molecule has 0 aliphatic carbocycles. The fourth-order valence-corrected chi connectivity index (χ4v) is 2.12. The van der Waals surface area contributed by atoms with Gasteiger partial charge in [0.05, 0.1) is 19.8 Å². The molecule has 94 valence electrons. The van der Waals surface area contributed by atoms with Gasteiger partial charge in [-0.2, -0.15) is 0 Å². The summed E-state index contributed by atoms with van der Waals surface area (Å²) >= 11 is 0. The van der Waals surface area contributed by atoms with Crippen LogP contribution in [0.4, 0.5) is 0 Å². The van der Waals surface area contributed by atoms with E-state index in [1.165, 1.54) is 5.56 Å². The quantitative estimate of drug-likeness (QED) is 0.873. The van der Waals surface area contributed by atoms with Crippen molar-refractivity contribution in [2.75, 3.05) is 26.8 Å². The summed E-state index contributed by atoms with van der Waals surface area (Å²) in [6.45, 7) is 6.93. The number of methoxy groups -OCH3 is 1. The van der Waals surface area contributed by atoms with E-state index in [9.17, 15) is 0 Å². The number of benzene rings is 1. The van der Waals surface area contributed by atoms with Gasteiger partial charge in [-0.3, -0.25) is 0 Å². The van der Waals surface area contributed by atoms with Gasteiger partial charge in [0, 0.05) is 18.7 Å². The van der Waals surface area contributed by atoms with Gasteiger partial charge in [-0.1, -0.05) is 26.0 Å². The zero-order chi connectivity index (χ0) is 12.3. The van der Waals surface area contributed by atoms with Gasteiger partial charge in [0.25, 0.3) is 0 Å². The van der Waals surface area contributed by atoms with E-state index in [1.54, 1.807) is 7.11 Å². The Labute approximate surface area is 103 Å². The summed E-state index contributed by atoms with van der Waals surface area (Å²) in [5.41, 5.74) is 2.44. The summed E-state index contributed by atoms with van der Waals surface area (Å²) in [5, 5.41) is 3.34. The van der Waals surface area contributed by atoms with Gasteiger partial charge in [-0.15, -0.1) is 0 Å². The maximum atomic E-state index is 5.76. The molecular formula is C14H21NO2. The van der Waals surface area contributed by atoms with Crippen molar-refractivity contribution in [3.8, 4) is 5.75 Å². The van der Waals surface area contributed by atoms with Gasteiger partial charge in [-0.05, 0) is 17.5 Å². The van der Waals surface area contributed by atoms with Crippen LogP contribution in [0.25, 0.3) is 0 Å². The lowest BCUT2D eigenvalue weighted by Crippen LogP contribution is -2.33. The van der Waals surface area contributed by atoms with Crippen LogP contribution in [-0.4, -0.2) is 26.8 Å². The van der Waals surface area contributed by atoms with Crippen LogP contribution in [0.3, 0.4) is 0 Å². The molecule has 0 radical (unpaired) electrons. The van der Waals surface area contributed by atoms with Crippen LogP contribution in [0, 0.1) is 0 Å². The predicted octanol–water partition coefficient (Wildman–Crippen LogP) is 2.48. The second-order valence-corrected chi connectivity index (χ2v) is 4.72. The van der Waals surface area contributed by atoms with Crippen LogP contribution < -0.4 is 10.1 Å². The first-order valence-electron chi connectivity index (χ1n) is 6.22. The number of rotatable bonds is 3. The molecule has 17 heavy (non-hydrogen) atoms. The number of hydrogen-bond acceptors (Lipinski definition) is 3. The summed E-state index contributed by atoms with van der Waals surface area (Å²) in [6.07, 6.45) is 0.111. The molecule has 2 rings (SSSR count). The minimum Gasteiger partial charge on any atom is -0.496 e. The van der Waals surface area contributed by atoms with Crippen LogP contribution in [0.2, 0.25) is 0 Å². The first kappa shape index (κ1) is 12.4. The Hall–Kier alpha value is -1.06. The smallest absolute Gasteiger partial charge is 0.125 e. The van der Waals surface area contributed by atoms with Crippen LogP contribution in [0.5, 0.6) is 5.75 Å². The fourth-order valence-electron chi connectivity index (χ4n) is 2.12. The largest absolute Gasteiger partial charge is 0.496 e. The zero-order valence-electron chi connectivity index (χ0n) is 10.8. The molecule has 0 spiro atoms.